The standard InChI is InChI=1S/C55H31N5O3/c1-4-14-32(15-5-1)49-51-50(57-52(56-49)33-16-6-2-7-17-33)48-37(21-12-25-45(48)63-51)35-27-29-43-41(30-35)47-40(22-13-24-44(47)61-43)55-59-53(34-18-8-3-9-19-34)58-54(60-55)36-26-28-39-38-20-10-11-23-42(38)62-46(39)31-36/h1-31H. The van der Waals surface area contributed by atoms with Gasteiger partial charge in [-0.3, -0.25) is 0 Å². The lowest BCUT2D eigenvalue weighted by molar-refractivity contribution is 0.667. The van der Waals surface area contributed by atoms with Crippen molar-refractivity contribution in [1.29, 1.82) is 0 Å². The van der Waals surface area contributed by atoms with Crippen LogP contribution < -0.4 is 0 Å². The molecule has 5 aromatic heterocycles. The maximum atomic E-state index is 6.67. The van der Waals surface area contributed by atoms with Crippen molar-refractivity contribution in [2.24, 2.45) is 0 Å². The molecule has 0 N–H and O–H groups in total. The van der Waals surface area contributed by atoms with Gasteiger partial charge in [-0.05, 0) is 53.6 Å². The minimum absolute atomic E-state index is 0.531. The molecule has 0 bridgehead atoms. The first-order valence-corrected chi connectivity index (χ1v) is 20.7. The maximum absolute atomic E-state index is 6.67. The molecule has 0 aliphatic rings. The lowest BCUT2D eigenvalue weighted by atomic mass is 9.97. The van der Waals surface area contributed by atoms with Gasteiger partial charge in [-0.25, -0.2) is 24.9 Å². The zero-order chi connectivity index (χ0) is 41.4. The minimum atomic E-state index is 0.531. The van der Waals surface area contributed by atoms with Crippen molar-refractivity contribution in [2.75, 3.05) is 0 Å². The van der Waals surface area contributed by atoms with Crippen LogP contribution in [0.1, 0.15) is 0 Å². The van der Waals surface area contributed by atoms with Gasteiger partial charge in [-0.2, -0.15) is 0 Å². The van der Waals surface area contributed by atoms with E-state index in [2.05, 4.69) is 54.6 Å². The average molecular weight is 810 g/mol. The fourth-order valence-corrected chi connectivity index (χ4v) is 8.82. The molecule has 8 nitrogen and oxygen atoms in total. The van der Waals surface area contributed by atoms with E-state index in [1.165, 1.54) is 0 Å². The molecule has 0 unspecified atom stereocenters. The zero-order valence-corrected chi connectivity index (χ0v) is 33.4. The van der Waals surface area contributed by atoms with Crippen molar-refractivity contribution < 1.29 is 13.3 Å². The monoisotopic (exact) mass is 809 g/mol. The van der Waals surface area contributed by atoms with Crippen molar-refractivity contribution in [3.05, 3.63) is 188 Å². The molecule has 0 spiro atoms. The van der Waals surface area contributed by atoms with Gasteiger partial charge >= 0.3 is 0 Å². The van der Waals surface area contributed by atoms with Gasteiger partial charge in [0.05, 0.1) is 5.39 Å². The Hall–Kier alpha value is -8.75. The summed E-state index contributed by atoms with van der Waals surface area (Å²) in [6, 6.07) is 62.9. The SMILES string of the molecule is c1ccc(-c2nc(-c3ccc4c(c3)oc3ccccc34)nc(-c3cccc4oc5ccc(-c6cccc7oc8c(-c9ccccc9)nc(-c9ccccc9)nc8c67)cc5c34)n2)cc1. The summed E-state index contributed by atoms with van der Waals surface area (Å²) in [7, 11) is 0. The number of para-hydroxylation sites is 1. The van der Waals surface area contributed by atoms with E-state index < -0.39 is 0 Å². The highest BCUT2D eigenvalue weighted by molar-refractivity contribution is 6.16. The zero-order valence-electron chi connectivity index (χ0n) is 33.4. The van der Waals surface area contributed by atoms with Crippen LogP contribution in [0, 0.1) is 0 Å². The van der Waals surface area contributed by atoms with Gasteiger partial charge in [0.15, 0.2) is 28.9 Å². The Kier molecular flexibility index (Phi) is 7.74. The molecule has 13 aromatic rings. The molecular formula is C55H31N5O3. The number of furan rings is 3. The normalized spacial score (nSPS) is 11.8. The van der Waals surface area contributed by atoms with Gasteiger partial charge in [-0.1, -0.05) is 146 Å². The minimum Gasteiger partial charge on any atom is -0.456 e. The van der Waals surface area contributed by atoms with Gasteiger partial charge in [0.1, 0.15) is 39.1 Å². The molecule has 63 heavy (non-hydrogen) atoms. The second kappa shape index (κ2) is 13.9. The molecule has 0 amide bonds. The summed E-state index contributed by atoms with van der Waals surface area (Å²) < 4.78 is 19.5. The van der Waals surface area contributed by atoms with Crippen molar-refractivity contribution in [1.82, 2.24) is 24.9 Å². The first-order chi connectivity index (χ1) is 31.2. The van der Waals surface area contributed by atoms with Crippen LogP contribution in [0.25, 0.3) is 134 Å². The average Bonchev–Trinajstić information content (AvgIpc) is 4.05. The van der Waals surface area contributed by atoms with Crippen LogP contribution in [0.4, 0.5) is 0 Å². The Bertz CT molecular complexity index is 3910. The Labute approximate surface area is 358 Å². The lowest BCUT2D eigenvalue weighted by Crippen LogP contribution is -2.00. The van der Waals surface area contributed by atoms with Crippen LogP contribution in [-0.4, -0.2) is 24.9 Å². The van der Waals surface area contributed by atoms with E-state index in [4.69, 9.17) is 38.2 Å². The first kappa shape index (κ1) is 35.0. The first-order valence-electron chi connectivity index (χ1n) is 20.7. The number of nitrogens with zero attached hydrogens (tertiary/aromatic N) is 5. The molecule has 0 atom stereocenters. The highest BCUT2D eigenvalue weighted by Gasteiger charge is 2.23. The van der Waals surface area contributed by atoms with E-state index in [0.29, 0.717) is 28.9 Å². The maximum Gasteiger partial charge on any atom is 0.180 e. The number of rotatable bonds is 6. The summed E-state index contributed by atoms with van der Waals surface area (Å²) in [6.45, 7) is 0. The Morgan fingerprint density at radius 3 is 1.60 bits per heavy atom. The second-order valence-corrected chi connectivity index (χ2v) is 15.6. The summed E-state index contributed by atoms with van der Waals surface area (Å²) in [5.74, 6) is 2.27. The fourth-order valence-electron chi connectivity index (χ4n) is 8.82. The molecular weight excluding hydrogens is 779 g/mol. The topological polar surface area (TPSA) is 104 Å². The molecule has 5 heterocycles. The number of fused-ring (bicyclic) bond motifs is 9. The summed E-state index contributed by atoms with van der Waals surface area (Å²) in [5, 5.41) is 4.85. The summed E-state index contributed by atoms with van der Waals surface area (Å²) in [5.41, 5.74) is 12.3. The van der Waals surface area contributed by atoms with Crippen molar-refractivity contribution in [3.8, 4) is 67.9 Å². The number of hydrogen-bond acceptors (Lipinski definition) is 8. The third kappa shape index (κ3) is 5.73. The predicted octanol–water partition coefficient (Wildman–Crippen LogP) is 14.4. The number of aromatic nitrogens is 5. The van der Waals surface area contributed by atoms with E-state index in [9.17, 15) is 0 Å². The second-order valence-electron chi connectivity index (χ2n) is 15.6. The van der Waals surface area contributed by atoms with E-state index in [1.54, 1.807) is 0 Å². The molecule has 0 saturated heterocycles. The van der Waals surface area contributed by atoms with Gasteiger partial charge < -0.3 is 13.3 Å². The number of benzene rings is 8. The van der Waals surface area contributed by atoms with Crippen LogP contribution in [0.5, 0.6) is 0 Å². The van der Waals surface area contributed by atoms with Gasteiger partial charge in [0.2, 0.25) is 0 Å². The van der Waals surface area contributed by atoms with E-state index in [0.717, 1.165) is 105 Å². The molecule has 8 heteroatoms. The highest BCUT2D eigenvalue weighted by Crippen LogP contribution is 2.43. The van der Waals surface area contributed by atoms with Gasteiger partial charge in [0.25, 0.3) is 0 Å². The molecule has 13 rings (SSSR count). The largest absolute Gasteiger partial charge is 0.456 e. The number of hydrogen-bond donors (Lipinski definition) is 0. The van der Waals surface area contributed by atoms with Gasteiger partial charge in [0, 0.05) is 49.4 Å². The quantitative estimate of drug-likeness (QED) is 0.164. The Morgan fingerprint density at radius 2 is 0.841 bits per heavy atom. The van der Waals surface area contributed by atoms with Crippen molar-refractivity contribution in [3.63, 3.8) is 0 Å². The molecule has 8 aromatic carbocycles. The molecule has 0 saturated carbocycles. The van der Waals surface area contributed by atoms with Crippen molar-refractivity contribution >= 4 is 65.9 Å². The van der Waals surface area contributed by atoms with E-state index in [-0.39, 0.29) is 0 Å². The molecule has 0 fully saturated rings. The van der Waals surface area contributed by atoms with Crippen molar-refractivity contribution in [2.45, 2.75) is 0 Å². The Balaban J connectivity index is 1.01. The van der Waals surface area contributed by atoms with Crippen LogP contribution in [0.15, 0.2) is 201 Å². The summed E-state index contributed by atoms with van der Waals surface area (Å²) in [6.07, 6.45) is 0. The van der Waals surface area contributed by atoms with Gasteiger partial charge in [-0.15, -0.1) is 0 Å². The highest BCUT2D eigenvalue weighted by atomic mass is 16.3. The molecule has 294 valence electrons. The van der Waals surface area contributed by atoms with E-state index in [1.807, 2.05) is 133 Å². The Morgan fingerprint density at radius 1 is 0.286 bits per heavy atom. The fraction of sp³-hybridized carbons (Fsp3) is 0. The predicted molar refractivity (Wildman–Crippen MR) is 250 cm³/mol. The van der Waals surface area contributed by atoms with Crippen LogP contribution >= 0.6 is 0 Å². The smallest absolute Gasteiger partial charge is 0.180 e. The third-order valence-electron chi connectivity index (χ3n) is 11.8. The lowest BCUT2D eigenvalue weighted by Gasteiger charge is -2.09. The van der Waals surface area contributed by atoms with Crippen LogP contribution in [0.2, 0.25) is 0 Å². The molecule has 0 aliphatic heterocycles. The summed E-state index contributed by atoms with van der Waals surface area (Å²) in [4.78, 5) is 25.6. The van der Waals surface area contributed by atoms with E-state index >= 15 is 0 Å². The third-order valence-corrected chi connectivity index (χ3v) is 11.8. The van der Waals surface area contributed by atoms with Crippen LogP contribution in [-0.2, 0) is 0 Å². The molecule has 0 aliphatic carbocycles. The van der Waals surface area contributed by atoms with Crippen LogP contribution in [0.3, 0.4) is 0 Å². The molecule has 0 radical (unpaired) electrons. The summed E-state index contributed by atoms with van der Waals surface area (Å²) >= 11 is 0.